The van der Waals surface area contributed by atoms with Crippen LogP contribution in [0.4, 0.5) is 0 Å². The van der Waals surface area contributed by atoms with Crippen molar-refractivity contribution in [3.63, 3.8) is 0 Å². The van der Waals surface area contributed by atoms with Crippen LogP contribution in [0.25, 0.3) is 0 Å². The second-order valence-corrected chi connectivity index (χ2v) is 3.54. The second-order valence-electron chi connectivity index (χ2n) is 3.54. The number of carboxylic acid groups (broad SMARTS) is 3. The van der Waals surface area contributed by atoms with Crippen LogP contribution < -0.4 is 0 Å². The fourth-order valence-electron chi connectivity index (χ4n) is 1.10. The Morgan fingerprint density at radius 3 is 1.63 bits per heavy atom. The molecule has 0 amide bonds. The third-order valence-corrected chi connectivity index (χ3v) is 1.90. The normalized spacial score (nSPS) is 11.9. The molecule has 0 saturated carbocycles. The third-order valence-electron chi connectivity index (χ3n) is 1.90. The van der Waals surface area contributed by atoms with Crippen LogP contribution in [0.5, 0.6) is 0 Å². The summed E-state index contributed by atoms with van der Waals surface area (Å²) in [5.41, 5.74) is -2.74. The van der Waals surface area contributed by atoms with E-state index >= 15 is 0 Å². The van der Waals surface area contributed by atoms with Gasteiger partial charge < -0.3 is 25.2 Å². The van der Waals surface area contributed by atoms with E-state index in [2.05, 4.69) is 4.74 Å². The minimum atomic E-state index is -2.74. The van der Waals surface area contributed by atoms with E-state index in [4.69, 9.17) is 20.4 Å². The van der Waals surface area contributed by atoms with E-state index in [0.29, 0.717) is 0 Å². The van der Waals surface area contributed by atoms with Crippen LogP contribution in [-0.2, 0) is 23.9 Å². The van der Waals surface area contributed by atoms with E-state index in [1.165, 1.54) is 0 Å². The van der Waals surface area contributed by atoms with E-state index in [0.717, 1.165) is 6.92 Å². The van der Waals surface area contributed by atoms with Crippen LogP contribution in [0, 0.1) is 0 Å². The van der Waals surface area contributed by atoms with Gasteiger partial charge in [0.25, 0.3) is 0 Å². The molecule has 1 unspecified atom stereocenters. The van der Waals surface area contributed by atoms with Crippen molar-refractivity contribution < 1.29 is 44.3 Å². The molecule has 0 rings (SSSR count). The van der Waals surface area contributed by atoms with Gasteiger partial charge in [-0.1, -0.05) is 0 Å². The fraction of sp³-hybridized carbons (Fsp3) is 0.556. The molecule has 0 aromatic carbocycles. The van der Waals surface area contributed by atoms with Crippen molar-refractivity contribution in [2.45, 2.75) is 31.5 Å². The van der Waals surface area contributed by atoms with Crippen molar-refractivity contribution in [1.82, 2.24) is 0 Å². The number of aliphatic hydroxyl groups is 1. The molecule has 0 aliphatic heterocycles. The molecule has 0 aromatic rings. The first-order valence-corrected chi connectivity index (χ1v) is 4.68. The van der Waals surface area contributed by atoms with E-state index in [-0.39, 0.29) is 51.4 Å². The quantitative estimate of drug-likeness (QED) is 0.309. The fourth-order valence-corrected chi connectivity index (χ4v) is 1.10. The summed E-state index contributed by atoms with van der Waals surface area (Å²) in [6.45, 7) is 0.969. The first kappa shape index (κ1) is 20.8. The number of carbonyl (C=O) groups excluding carboxylic acids is 1. The van der Waals surface area contributed by atoms with Gasteiger partial charge >= 0.3 is 75.3 Å². The minimum absolute atomic E-state index is 0. The summed E-state index contributed by atoms with van der Waals surface area (Å²) in [7, 11) is 0. The van der Waals surface area contributed by atoms with Crippen LogP contribution in [0.2, 0.25) is 0 Å². The van der Waals surface area contributed by atoms with E-state index in [1.807, 2.05) is 0 Å². The number of ether oxygens (including phenoxy) is 1. The van der Waals surface area contributed by atoms with E-state index in [1.54, 1.807) is 0 Å². The number of rotatable bonds is 7. The SMILES string of the molecule is CC(O)C(=O)OC(CC(=O)O)(CC(=O)O)C(=O)O.[KH]. The standard InChI is InChI=1S/C9H12O9.K.H/c1-4(10)7(15)18-9(8(16)17,2-5(11)12)3-6(13)14;;/h4,10H,2-3H2,1H3,(H,11,12)(H,13,14)(H,16,17);;. The third kappa shape index (κ3) is 6.99. The Morgan fingerprint density at radius 1 is 1.05 bits per heavy atom. The van der Waals surface area contributed by atoms with Crippen LogP contribution in [0.3, 0.4) is 0 Å². The monoisotopic (exact) mass is 304 g/mol. The van der Waals surface area contributed by atoms with Gasteiger partial charge in [0.1, 0.15) is 6.10 Å². The van der Waals surface area contributed by atoms with Gasteiger partial charge in [0.05, 0.1) is 12.8 Å². The van der Waals surface area contributed by atoms with Gasteiger partial charge in [0.15, 0.2) is 0 Å². The van der Waals surface area contributed by atoms with Gasteiger partial charge in [-0.15, -0.1) is 0 Å². The Hall–Kier alpha value is -0.524. The molecule has 0 heterocycles. The van der Waals surface area contributed by atoms with Crippen molar-refractivity contribution in [3.05, 3.63) is 0 Å². The van der Waals surface area contributed by atoms with Crippen molar-refractivity contribution >= 4 is 75.3 Å². The Morgan fingerprint density at radius 2 is 1.42 bits per heavy atom. The predicted octanol–water partition coefficient (Wildman–Crippen LogP) is -1.97. The summed E-state index contributed by atoms with van der Waals surface area (Å²) in [6.07, 6.45) is -4.16. The van der Waals surface area contributed by atoms with Crippen molar-refractivity contribution in [2.24, 2.45) is 0 Å². The first-order chi connectivity index (χ1) is 8.10. The summed E-state index contributed by atoms with van der Waals surface area (Å²) >= 11 is 0. The number of hydrogen-bond donors (Lipinski definition) is 4. The number of aliphatic hydroxyl groups excluding tert-OH is 1. The Balaban J connectivity index is 0. The van der Waals surface area contributed by atoms with E-state index in [9.17, 15) is 19.2 Å². The summed E-state index contributed by atoms with van der Waals surface area (Å²) < 4.78 is 4.33. The molecule has 0 fully saturated rings. The number of hydrogen-bond acceptors (Lipinski definition) is 6. The zero-order valence-electron chi connectivity index (χ0n) is 9.32. The number of aliphatic carboxylic acids is 3. The van der Waals surface area contributed by atoms with Gasteiger partial charge in [-0.3, -0.25) is 9.59 Å². The van der Waals surface area contributed by atoms with Crippen LogP contribution in [0.15, 0.2) is 0 Å². The second kappa shape index (κ2) is 8.61. The van der Waals surface area contributed by atoms with Crippen LogP contribution in [-0.4, -0.2) is 107 Å². The zero-order chi connectivity index (χ0) is 14.5. The molecule has 0 bridgehead atoms. The molecular formula is C9H13KO9. The molecule has 19 heavy (non-hydrogen) atoms. The summed E-state index contributed by atoms with van der Waals surface area (Å²) in [4.78, 5) is 43.2. The molecule has 0 saturated heterocycles. The van der Waals surface area contributed by atoms with Crippen LogP contribution in [0.1, 0.15) is 19.8 Å². The van der Waals surface area contributed by atoms with Gasteiger partial charge in [0.2, 0.25) is 5.60 Å². The molecule has 4 N–H and O–H groups in total. The molecule has 10 heteroatoms. The number of esters is 1. The predicted molar refractivity (Wildman–Crippen MR) is 59.8 cm³/mol. The Labute approximate surface area is 150 Å². The Bertz CT molecular complexity index is 360. The molecule has 1 atom stereocenters. The van der Waals surface area contributed by atoms with Gasteiger partial charge in [-0.25, -0.2) is 9.59 Å². The molecule has 0 aliphatic carbocycles. The number of carbonyl (C=O) groups is 4. The molecule has 9 nitrogen and oxygen atoms in total. The maximum absolute atomic E-state index is 11.1. The number of carboxylic acids is 3. The summed E-state index contributed by atoms with van der Waals surface area (Å²) in [6, 6.07) is 0. The topological polar surface area (TPSA) is 158 Å². The molecule has 0 aliphatic rings. The zero-order valence-corrected chi connectivity index (χ0v) is 9.32. The molecule has 0 aromatic heterocycles. The summed E-state index contributed by atoms with van der Waals surface area (Å²) in [5, 5.41) is 34.8. The van der Waals surface area contributed by atoms with E-state index < -0.39 is 48.4 Å². The average molecular weight is 304 g/mol. The van der Waals surface area contributed by atoms with Gasteiger partial charge in [-0.05, 0) is 6.92 Å². The molecular weight excluding hydrogens is 291 g/mol. The van der Waals surface area contributed by atoms with Crippen molar-refractivity contribution in [1.29, 1.82) is 0 Å². The molecule has 0 radical (unpaired) electrons. The van der Waals surface area contributed by atoms with Gasteiger partial charge in [-0.2, -0.15) is 0 Å². The van der Waals surface area contributed by atoms with Crippen molar-refractivity contribution in [2.75, 3.05) is 0 Å². The average Bonchev–Trinajstić information content (AvgIpc) is 2.14. The Kier molecular flexibility index (Phi) is 9.42. The van der Waals surface area contributed by atoms with Crippen molar-refractivity contribution in [3.8, 4) is 0 Å². The molecule has 0 spiro atoms. The van der Waals surface area contributed by atoms with Gasteiger partial charge in [0, 0.05) is 0 Å². The maximum atomic E-state index is 11.1. The first-order valence-electron chi connectivity index (χ1n) is 4.68. The summed E-state index contributed by atoms with van der Waals surface area (Å²) in [5.74, 6) is -6.64. The molecule has 104 valence electrons. The van der Waals surface area contributed by atoms with Crippen LogP contribution >= 0.6 is 0 Å².